The maximum absolute atomic E-state index is 13.1. The third-order valence-corrected chi connectivity index (χ3v) is 5.25. The fourth-order valence-corrected chi connectivity index (χ4v) is 3.79. The number of benzene rings is 2. The lowest BCUT2D eigenvalue weighted by atomic mass is 10.0. The summed E-state index contributed by atoms with van der Waals surface area (Å²) in [7, 11) is 1.69. The SMILES string of the molecule is COc1ccccc1CCNc1ccnc(C(=O)N2CCCc3ccccc32)c1. The number of carbonyl (C=O) groups excluding carboxylic acids is 1. The Hall–Kier alpha value is -3.34. The summed E-state index contributed by atoms with van der Waals surface area (Å²) in [5.74, 6) is 0.842. The third kappa shape index (κ3) is 4.24. The van der Waals surface area contributed by atoms with Crippen molar-refractivity contribution in [3.8, 4) is 5.75 Å². The Kier molecular flexibility index (Phi) is 5.75. The smallest absolute Gasteiger partial charge is 0.276 e. The molecule has 3 aromatic rings. The number of nitrogens with one attached hydrogen (secondary N) is 1. The van der Waals surface area contributed by atoms with Gasteiger partial charge in [-0.1, -0.05) is 36.4 Å². The van der Waals surface area contributed by atoms with Crippen LogP contribution in [0.15, 0.2) is 66.9 Å². The first-order valence-corrected chi connectivity index (χ1v) is 9.98. The summed E-state index contributed by atoms with van der Waals surface area (Å²) < 4.78 is 5.41. The van der Waals surface area contributed by atoms with Gasteiger partial charge in [0, 0.05) is 30.7 Å². The number of rotatable bonds is 6. The molecule has 29 heavy (non-hydrogen) atoms. The molecule has 0 atom stereocenters. The van der Waals surface area contributed by atoms with Gasteiger partial charge in [-0.3, -0.25) is 9.78 Å². The number of para-hydroxylation sites is 2. The molecule has 1 aromatic heterocycles. The Morgan fingerprint density at radius 2 is 1.97 bits per heavy atom. The highest BCUT2D eigenvalue weighted by atomic mass is 16.5. The quantitative estimate of drug-likeness (QED) is 0.684. The van der Waals surface area contributed by atoms with Crippen LogP contribution in [-0.2, 0) is 12.8 Å². The molecule has 1 N–H and O–H groups in total. The highest BCUT2D eigenvalue weighted by Gasteiger charge is 2.24. The summed E-state index contributed by atoms with van der Waals surface area (Å²) in [6, 6.07) is 19.9. The highest BCUT2D eigenvalue weighted by Crippen LogP contribution is 2.28. The number of aryl methyl sites for hydroxylation is 1. The molecule has 0 unspecified atom stereocenters. The number of ether oxygens (including phenoxy) is 1. The van der Waals surface area contributed by atoms with Gasteiger partial charge in [0.25, 0.3) is 5.91 Å². The summed E-state index contributed by atoms with van der Waals surface area (Å²) in [6.07, 6.45) is 4.50. The molecule has 0 aliphatic carbocycles. The number of methoxy groups -OCH3 is 1. The zero-order valence-electron chi connectivity index (χ0n) is 16.6. The lowest BCUT2D eigenvalue weighted by Crippen LogP contribution is -2.35. The molecule has 0 bridgehead atoms. The first kappa shape index (κ1) is 19.0. The van der Waals surface area contributed by atoms with Gasteiger partial charge in [0.1, 0.15) is 11.4 Å². The third-order valence-electron chi connectivity index (χ3n) is 5.25. The van der Waals surface area contributed by atoms with E-state index in [9.17, 15) is 4.79 Å². The van der Waals surface area contributed by atoms with Crippen LogP contribution in [0.1, 0.15) is 28.0 Å². The second-order valence-electron chi connectivity index (χ2n) is 7.11. The molecule has 2 heterocycles. The van der Waals surface area contributed by atoms with Gasteiger partial charge in [-0.05, 0) is 54.7 Å². The van der Waals surface area contributed by atoms with E-state index in [1.54, 1.807) is 13.3 Å². The van der Waals surface area contributed by atoms with Crippen molar-refractivity contribution in [3.63, 3.8) is 0 Å². The highest BCUT2D eigenvalue weighted by molar-refractivity contribution is 6.05. The molecular weight excluding hydrogens is 362 g/mol. The Balaban J connectivity index is 1.44. The number of hydrogen-bond acceptors (Lipinski definition) is 4. The van der Waals surface area contributed by atoms with Gasteiger partial charge in [-0.15, -0.1) is 0 Å². The summed E-state index contributed by atoms with van der Waals surface area (Å²) in [6.45, 7) is 1.47. The molecule has 0 spiro atoms. The van der Waals surface area contributed by atoms with Gasteiger partial charge in [0.2, 0.25) is 0 Å². The van der Waals surface area contributed by atoms with E-state index in [1.165, 1.54) is 5.56 Å². The van der Waals surface area contributed by atoms with Gasteiger partial charge in [0.05, 0.1) is 7.11 Å². The fraction of sp³-hybridized carbons (Fsp3) is 0.250. The molecule has 148 valence electrons. The van der Waals surface area contributed by atoms with E-state index >= 15 is 0 Å². The van der Waals surface area contributed by atoms with Gasteiger partial charge < -0.3 is 15.0 Å². The molecule has 0 radical (unpaired) electrons. The molecule has 1 amide bonds. The van der Waals surface area contributed by atoms with Crippen LogP contribution in [-0.4, -0.2) is 31.1 Å². The Labute approximate surface area is 171 Å². The van der Waals surface area contributed by atoms with Crippen molar-refractivity contribution in [3.05, 3.63) is 83.7 Å². The molecule has 1 aliphatic rings. The lowest BCUT2D eigenvalue weighted by Gasteiger charge is -2.29. The maximum atomic E-state index is 13.1. The number of nitrogens with zero attached hydrogens (tertiary/aromatic N) is 2. The van der Waals surface area contributed by atoms with Crippen LogP contribution in [0.5, 0.6) is 5.75 Å². The fourth-order valence-electron chi connectivity index (χ4n) is 3.79. The molecule has 4 rings (SSSR count). The minimum Gasteiger partial charge on any atom is -0.496 e. The van der Waals surface area contributed by atoms with Crippen LogP contribution in [0.2, 0.25) is 0 Å². The summed E-state index contributed by atoms with van der Waals surface area (Å²) in [4.78, 5) is 19.3. The molecular formula is C24H25N3O2. The molecule has 5 nitrogen and oxygen atoms in total. The van der Waals surface area contributed by atoms with Crippen molar-refractivity contribution in [1.82, 2.24) is 4.98 Å². The number of carbonyl (C=O) groups is 1. The van der Waals surface area contributed by atoms with E-state index in [0.717, 1.165) is 55.0 Å². The number of pyridine rings is 1. The van der Waals surface area contributed by atoms with Crippen molar-refractivity contribution in [2.24, 2.45) is 0 Å². The molecule has 2 aromatic carbocycles. The summed E-state index contributed by atoms with van der Waals surface area (Å²) in [5, 5.41) is 3.40. The van der Waals surface area contributed by atoms with Crippen LogP contribution in [0, 0.1) is 0 Å². The first-order chi connectivity index (χ1) is 14.3. The van der Waals surface area contributed by atoms with E-state index in [4.69, 9.17) is 4.74 Å². The largest absolute Gasteiger partial charge is 0.496 e. The second kappa shape index (κ2) is 8.78. The molecule has 0 fully saturated rings. The Morgan fingerprint density at radius 3 is 2.86 bits per heavy atom. The van der Waals surface area contributed by atoms with Crippen molar-refractivity contribution < 1.29 is 9.53 Å². The molecule has 5 heteroatoms. The number of amides is 1. The van der Waals surface area contributed by atoms with Crippen LogP contribution >= 0.6 is 0 Å². The standard InChI is InChI=1S/C24H25N3O2/c1-29-23-11-5-3-8-19(23)12-14-25-20-13-15-26-21(17-20)24(28)27-16-6-9-18-7-2-4-10-22(18)27/h2-5,7-8,10-11,13,15,17H,6,9,12,14,16H2,1H3,(H,25,26). The monoisotopic (exact) mass is 387 g/mol. The average Bonchev–Trinajstić information content (AvgIpc) is 2.79. The van der Waals surface area contributed by atoms with Gasteiger partial charge >= 0.3 is 0 Å². The van der Waals surface area contributed by atoms with Crippen molar-refractivity contribution in [2.75, 3.05) is 30.4 Å². The summed E-state index contributed by atoms with van der Waals surface area (Å²) >= 11 is 0. The summed E-state index contributed by atoms with van der Waals surface area (Å²) in [5.41, 5.74) is 4.73. The first-order valence-electron chi connectivity index (χ1n) is 9.98. The normalized spacial score (nSPS) is 12.9. The molecule has 0 saturated carbocycles. The van der Waals surface area contributed by atoms with Crippen LogP contribution in [0.4, 0.5) is 11.4 Å². The van der Waals surface area contributed by atoms with Crippen molar-refractivity contribution in [2.45, 2.75) is 19.3 Å². The zero-order chi connectivity index (χ0) is 20.1. The molecule has 1 aliphatic heterocycles. The van der Waals surface area contributed by atoms with Crippen molar-refractivity contribution >= 4 is 17.3 Å². The van der Waals surface area contributed by atoms with Gasteiger partial charge in [-0.2, -0.15) is 0 Å². The van der Waals surface area contributed by atoms with Gasteiger partial charge in [0.15, 0.2) is 0 Å². The van der Waals surface area contributed by atoms with E-state index in [2.05, 4.69) is 22.4 Å². The van der Waals surface area contributed by atoms with Crippen molar-refractivity contribution in [1.29, 1.82) is 0 Å². The maximum Gasteiger partial charge on any atom is 0.276 e. The Morgan fingerprint density at radius 1 is 1.14 bits per heavy atom. The topological polar surface area (TPSA) is 54.5 Å². The van der Waals surface area contributed by atoms with Crippen LogP contribution < -0.4 is 15.0 Å². The predicted octanol–water partition coefficient (Wildman–Crippen LogP) is 4.34. The predicted molar refractivity (Wildman–Crippen MR) is 116 cm³/mol. The average molecular weight is 387 g/mol. The number of hydrogen-bond donors (Lipinski definition) is 1. The minimum absolute atomic E-state index is 0.0504. The molecule has 0 saturated heterocycles. The van der Waals surface area contributed by atoms with Crippen LogP contribution in [0.25, 0.3) is 0 Å². The minimum atomic E-state index is -0.0504. The lowest BCUT2D eigenvalue weighted by molar-refractivity contribution is 0.0980. The van der Waals surface area contributed by atoms with E-state index < -0.39 is 0 Å². The van der Waals surface area contributed by atoms with Crippen LogP contribution in [0.3, 0.4) is 0 Å². The van der Waals surface area contributed by atoms with E-state index in [1.807, 2.05) is 53.4 Å². The number of fused-ring (bicyclic) bond motifs is 1. The second-order valence-corrected chi connectivity index (χ2v) is 7.11. The van der Waals surface area contributed by atoms with E-state index in [0.29, 0.717) is 5.69 Å². The number of anilines is 2. The Bertz CT molecular complexity index is 1000. The number of aromatic nitrogens is 1. The zero-order valence-corrected chi connectivity index (χ0v) is 16.6. The van der Waals surface area contributed by atoms with Gasteiger partial charge in [-0.25, -0.2) is 0 Å². The van der Waals surface area contributed by atoms with E-state index in [-0.39, 0.29) is 5.91 Å².